The molecule has 0 aromatic heterocycles. The maximum absolute atomic E-state index is 11.8. The molecule has 224 valence electrons. The molecule has 3 N–H and O–H groups in total. The maximum atomic E-state index is 11.8. The van der Waals surface area contributed by atoms with Gasteiger partial charge in [-0.2, -0.15) is 0 Å². The molecule has 0 amide bonds. The van der Waals surface area contributed by atoms with E-state index < -0.39 is 23.4 Å². The number of hydrogen-bond acceptors (Lipinski definition) is 7. The van der Waals surface area contributed by atoms with Crippen molar-refractivity contribution in [3.8, 4) is 0 Å². The summed E-state index contributed by atoms with van der Waals surface area (Å²) in [6.07, 6.45) is 7.56. The van der Waals surface area contributed by atoms with Crippen molar-refractivity contribution in [3.63, 3.8) is 0 Å². The zero-order valence-corrected chi connectivity index (χ0v) is 25.4. The van der Waals surface area contributed by atoms with E-state index in [1.54, 1.807) is 0 Å². The third-order valence-electron chi connectivity index (χ3n) is 12.6. The number of aliphatic hydroxyl groups is 3. The van der Waals surface area contributed by atoms with Gasteiger partial charge in [-0.1, -0.05) is 34.1 Å². The summed E-state index contributed by atoms with van der Waals surface area (Å²) in [4.78, 5) is 23.3. The summed E-state index contributed by atoms with van der Waals surface area (Å²) >= 11 is 0. The van der Waals surface area contributed by atoms with Gasteiger partial charge in [0.25, 0.3) is 0 Å². The van der Waals surface area contributed by atoms with Crippen LogP contribution in [0.15, 0.2) is 0 Å². The summed E-state index contributed by atoms with van der Waals surface area (Å²) < 4.78 is 10.9. The first-order chi connectivity index (χ1) is 18.1. The molecule has 0 bridgehead atoms. The molecule has 4 aliphatic rings. The van der Waals surface area contributed by atoms with Crippen LogP contribution in [0.5, 0.6) is 0 Å². The van der Waals surface area contributed by atoms with E-state index >= 15 is 0 Å². The first-order valence-electron chi connectivity index (χ1n) is 15.5. The zero-order chi connectivity index (χ0) is 29.0. The van der Waals surface area contributed by atoms with E-state index in [-0.39, 0.29) is 41.7 Å². The van der Waals surface area contributed by atoms with E-state index in [2.05, 4.69) is 27.7 Å². The van der Waals surface area contributed by atoms with Crippen molar-refractivity contribution in [2.24, 2.45) is 46.3 Å². The molecule has 4 rings (SSSR count). The second-order valence-electron chi connectivity index (χ2n) is 14.7. The Kier molecular flexibility index (Phi) is 8.60. The highest BCUT2D eigenvalue weighted by atomic mass is 16.6. The smallest absolute Gasteiger partial charge is 0.303 e. The second kappa shape index (κ2) is 10.9. The number of esters is 2. The Morgan fingerprint density at radius 2 is 1.67 bits per heavy atom. The minimum atomic E-state index is -1.19. The minimum Gasteiger partial charge on any atom is -0.462 e. The lowest BCUT2D eigenvalue weighted by molar-refractivity contribution is -0.264. The Hall–Kier alpha value is -1.18. The van der Waals surface area contributed by atoms with E-state index in [0.717, 1.165) is 32.1 Å². The quantitative estimate of drug-likeness (QED) is 0.363. The van der Waals surface area contributed by atoms with Crippen LogP contribution in [0.3, 0.4) is 0 Å². The van der Waals surface area contributed by atoms with Gasteiger partial charge in [-0.15, -0.1) is 0 Å². The molecule has 0 spiro atoms. The number of rotatable bonds is 8. The third kappa shape index (κ3) is 5.30. The third-order valence-corrected chi connectivity index (χ3v) is 12.6. The first-order valence-corrected chi connectivity index (χ1v) is 15.5. The van der Waals surface area contributed by atoms with Crippen LogP contribution < -0.4 is 0 Å². The van der Waals surface area contributed by atoms with E-state index in [1.165, 1.54) is 26.7 Å². The van der Waals surface area contributed by atoms with Crippen LogP contribution in [0.25, 0.3) is 0 Å². The van der Waals surface area contributed by atoms with Gasteiger partial charge in [0.15, 0.2) is 0 Å². The SMILES string of the molecule is CC(=O)OCC(C)(OC(C)=O)[C@@H](C)CC[C@@H](C)[C@H]1CC[C@H]2[C@@H]3C[C@@H](O)[C@@]4(O)C[C@@H](O)CC[C@]4(C)[C@H]3CC[C@]12C. The predicted octanol–water partition coefficient (Wildman–Crippen LogP) is 5.03. The van der Waals surface area contributed by atoms with Crippen molar-refractivity contribution in [1.29, 1.82) is 0 Å². The first kappa shape index (κ1) is 30.8. The Balaban J connectivity index is 1.45. The fourth-order valence-electron chi connectivity index (χ4n) is 10.1. The van der Waals surface area contributed by atoms with Gasteiger partial charge in [0, 0.05) is 25.7 Å². The highest BCUT2D eigenvalue weighted by molar-refractivity contribution is 5.67. The Morgan fingerprint density at radius 3 is 2.31 bits per heavy atom. The fourth-order valence-corrected chi connectivity index (χ4v) is 10.1. The summed E-state index contributed by atoms with van der Waals surface area (Å²) in [5.74, 6) is 1.72. The molecule has 0 aliphatic heterocycles. The van der Waals surface area contributed by atoms with Crippen molar-refractivity contribution < 1.29 is 34.4 Å². The van der Waals surface area contributed by atoms with E-state index in [1.807, 2.05) is 6.92 Å². The van der Waals surface area contributed by atoms with Gasteiger partial charge in [-0.25, -0.2) is 0 Å². The summed E-state index contributed by atoms with van der Waals surface area (Å²) in [5, 5.41) is 33.4. The van der Waals surface area contributed by atoms with Gasteiger partial charge in [-0.3, -0.25) is 9.59 Å². The molecule has 4 aliphatic carbocycles. The average Bonchev–Trinajstić information content (AvgIpc) is 3.20. The summed E-state index contributed by atoms with van der Waals surface area (Å²) in [6, 6.07) is 0. The van der Waals surface area contributed by atoms with Crippen LogP contribution in [-0.4, -0.2) is 57.3 Å². The highest BCUT2D eigenvalue weighted by Gasteiger charge is 2.67. The number of ether oxygens (including phenoxy) is 2. The van der Waals surface area contributed by atoms with Gasteiger partial charge in [-0.05, 0) is 99.2 Å². The molecule has 0 aromatic carbocycles. The van der Waals surface area contributed by atoms with Crippen LogP contribution in [-0.2, 0) is 19.1 Å². The number of carbonyl (C=O) groups is 2. The number of aliphatic hydroxyl groups excluding tert-OH is 2. The Morgan fingerprint density at radius 1 is 0.974 bits per heavy atom. The lowest BCUT2D eigenvalue weighted by Crippen LogP contribution is -2.68. The van der Waals surface area contributed by atoms with Crippen molar-refractivity contribution in [2.75, 3.05) is 6.61 Å². The Labute approximate surface area is 235 Å². The zero-order valence-electron chi connectivity index (χ0n) is 25.4. The molecule has 7 heteroatoms. The lowest BCUT2D eigenvalue weighted by atomic mass is 9.42. The van der Waals surface area contributed by atoms with Crippen LogP contribution in [0, 0.1) is 46.3 Å². The molecular formula is C32H54O7. The van der Waals surface area contributed by atoms with Crippen LogP contribution in [0.1, 0.15) is 113 Å². The summed E-state index contributed by atoms with van der Waals surface area (Å²) in [7, 11) is 0. The van der Waals surface area contributed by atoms with Crippen molar-refractivity contribution in [3.05, 3.63) is 0 Å². The monoisotopic (exact) mass is 550 g/mol. The standard InChI is InChI=1S/C32H54O7/c1-19(8-9-20(2)31(7,39-22(4)34)18-38-21(3)33)25-10-11-26-24-16-28(36)32(37)17-23(35)12-15-30(32,6)27(24)13-14-29(25,26)5/h19-20,23-28,35-37H,8-18H2,1-7H3/t19-,20+,23+,24+,25-,26+,27+,28-,29-,30-,31?,32+/m1/s1. The highest BCUT2D eigenvalue weighted by Crippen LogP contribution is 2.69. The molecule has 12 atom stereocenters. The van der Waals surface area contributed by atoms with Crippen molar-refractivity contribution in [2.45, 2.75) is 136 Å². The molecule has 4 saturated carbocycles. The summed E-state index contributed by atoms with van der Waals surface area (Å²) in [5.41, 5.74) is -2.18. The number of fused-ring (bicyclic) bond motifs is 5. The molecule has 39 heavy (non-hydrogen) atoms. The lowest BCUT2D eigenvalue weighted by Gasteiger charge is -2.65. The number of hydrogen-bond donors (Lipinski definition) is 3. The second-order valence-corrected chi connectivity index (χ2v) is 14.7. The minimum absolute atomic E-state index is 0.0386. The van der Waals surface area contributed by atoms with Crippen LogP contribution in [0.4, 0.5) is 0 Å². The normalized spacial score (nSPS) is 44.7. The van der Waals surface area contributed by atoms with E-state index in [0.29, 0.717) is 42.4 Å². The van der Waals surface area contributed by atoms with E-state index in [9.17, 15) is 24.9 Å². The number of carbonyl (C=O) groups excluding carboxylic acids is 2. The van der Waals surface area contributed by atoms with Gasteiger partial charge in [0.05, 0.1) is 17.8 Å². The molecule has 0 aromatic rings. The molecule has 0 saturated heterocycles. The van der Waals surface area contributed by atoms with Crippen molar-refractivity contribution >= 4 is 11.9 Å². The molecule has 4 fully saturated rings. The summed E-state index contributed by atoms with van der Waals surface area (Å²) in [6.45, 7) is 13.8. The molecule has 0 radical (unpaired) electrons. The molecule has 0 heterocycles. The van der Waals surface area contributed by atoms with Gasteiger partial charge in [0.2, 0.25) is 0 Å². The predicted molar refractivity (Wildman–Crippen MR) is 148 cm³/mol. The fraction of sp³-hybridized carbons (Fsp3) is 0.938. The maximum Gasteiger partial charge on any atom is 0.303 e. The molecular weight excluding hydrogens is 496 g/mol. The Bertz CT molecular complexity index is 922. The molecule has 7 nitrogen and oxygen atoms in total. The topological polar surface area (TPSA) is 113 Å². The largest absolute Gasteiger partial charge is 0.462 e. The van der Waals surface area contributed by atoms with Crippen LogP contribution >= 0.6 is 0 Å². The van der Waals surface area contributed by atoms with E-state index in [4.69, 9.17) is 9.47 Å². The molecule has 1 unspecified atom stereocenters. The van der Waals surface area contributed by atoms with Gasteiger partial charge >= 0.3 is 11.9 Å². The van der Waals surface area contributed by atoms with Crippen molar-refractivity contribution in [1.82, 2.24) is 0 Å². The van der Waals surface area contributed by atoms with Gasteiger partial charge < -0.3 is 24.8 Å². The average molecular weight is 551 g/mol. The van der Waals surface area contributed by atoms with Crippen LogP contribution in [0.2, 0.25) is 0 Å². The van der Waals surface area contributed by atoms with Gasteiger partial charge in [0.1, 0.15) is 12.2 Å².